The van der Waals surface area contributed by atoms with Crippen LogP contribution in [0.4, 0.5) is 0 Å². The Morgan fingerprint density at radius 1 is 0.493 bits per heavy atom. The topological polar surface area (TPSA) is 94.6 Å². The van der Waals surface area contributed by atoms with Crippen LogP contribution in [0.2, 0.25) is 0 Å². The lowest BCUT2D eigenvalue weighted by atomic mass is 10.1. The molecule has 0 saturated heterocycles. The minimum atomic E-state index is -0.224. The Morgan fingerprint density at radius 3 is 1.40 bits per heavy atom. The number of ether oxygens (including phenoxy) is 4. The van der Waals surface area contributed by atoms with Crippen LogP contribution >= 0.6 is 0 Å². The van der Waals surface area contributed by atoms with Gasteiger partial charge in [-0.2, -0.15) is 0 Å². The number of allylic oxidation sites excluding steroid dienone is 6. The van der Waals surface area contributed by atoms with E-state index in [0.717, 1.165) is 116 Å². The normalized spacial score (nSPS) is 12.0. The third kappa shape index (κ3) is 63.8. The molecule has 67 heavy (non-hydrogen) atoms. The molecule has 0 fully saturated rings. The summed E-state index contributed by atoms with van der Waals surface area (Å²) in [6, 6.07) is 0. The van der Waals surface area contributed by atoms with Gasteiger partial charge in [0.15, 0.2) is 6.29 Å². The van der Waals surface area contributed by atoms with Crippen molar-refractivity contribution in [1.82, 2.24) is 9.80 Å². The fraction of sp³-hybridized carbons (Fsp3) is 0.845. The minimum Gasteiger partial charge on any atom is -0.465 e. The van der Waals surface area contributed by atoms with Crippen molar-refractivity contribution >= 4 is 18.5 Å². The lowest BCUT2D eigenvalue weighted by Gasteiger charge is -2.24. The molecule has 0 aliphatic rings. The summed E-state index contributed by atoms with van der Waals surface area (Å²) in [5.74, 6) is 0.168. The number of carbonyl (C=O) groups is 3. The van der Waals surface area contributed by atoms with Crippen molar-refractivity contribution in [1.29, 1.82) is 0 Å². The third-order valence-electron chi connectivity index (χ3n) is 11.4. The van der Waals surface area contributed by atoms with Gasteiger partial charge >= 0.3 is 5.97 Å². The van der Waals surface area contributed by atoms with E-state index in [-0.39, 0.29) is 18.2 Å². The van der Waals surface area contributed by atoms with Crippen LogP contribution < -0.4 is 0 Å². The highest BCUT2D eigenvalue weighted by Gasteiger charge is 2.15. The molecule has 0 amide bonds. The van der Waals surface area contributed by atoms with Crippen LogP contribution in [0.3, 0.4) is 0 Å². The quantitative estimate of drug-likeness (QED) is 0.0194. The lowest BCUT2D eigenvalue weighted by Crippen LogP contribution is -2.33. The van der Waals surface area contributed by atoms with E-state index in [0.29, 0.717) is 45.7 Å². The molecule has 1 atom stereocenters. The first kappa shape index (κ1) is 69.1. The maximum Gasteiger partial charge on any atom is 0.305 e. The van der Waals surface area contributed by atoms with Gasteiger partial charge in [-0.25, -0.2) is 0 Å². The summed E-state index contributed by atoms with van der Waals surface area (Å²) < 4.78 is 22.4. The van der Waals surface area contributed by atoms with Crippen molar-refractivity contribution in [2.45, 2.75) is 239 Å². The number of nitrogens with zero attached hydrogens (tertiary/aromatic N) is 2. The van der Waals surface area contributed by atoms with Crippen molar-refractivity contribution in [2.75, 3.05) is 74.3 Å². The van der Waals surface area contributed by atoms with Gasteiger partial charge in [-0.3, -0.25) is 4.79 Å². The summed E-state index contributed by atoms with van der Waals surface area (Å²) in [4.78, 5) is 37.1. The fourth-order valence-electron chi connectivity index (χ4n) is 7.36. The van der Waals surface area contributed by atoms with E-state index in [4.69, 9.17) is 18.9 Å². The van der Waals surface area contributed by atoms with Gasteiger partial charge in [-0.1, -0.05) is 148 Å². The van der Waals surface area contributed by atoms with Crippen LogP contribution in [0.1, 0.15) is 233 Å². The zero-order valence-electron chi connectivity index (χ0n) is 45.6. The van der Waals surface area contributed by atoms with Gasteiger partial charge in [0.05, 0.1) is 13.2 Å². The van der Waals surface area contributed by atoms with Crippen molar-refractivity contribution in [3.63, 3.8) is 0 Å². The summed E-state index contributed by atoms with van der Waals surface area (Å²) >= 11 is 0. The van der Waals surface area contributed by atoms with E-state index in [1.165, 1.54) is 103 Å². The average Bonchev–Trinajstić information content (AvgIpc) is 3.31. The number of hydrogen-bond donors (Lipinski definition) is 0. The van der Waals surface area contributed by atoms with Crippen molar-refractivity contribution < 1.29 is 33.3 Å². The Bertz CT molecular complexity index is 1040. The molecule has 0 N–H and O–H groups in total. The zero-order valence-corrected chi connectivity index (χ0v) is 45.6. The van der Waals surface area contributed by atoms with Crippen molar-refractivity contribution in [2.24, 2.45) is 5.92 Å². The van der Waals surface area contributed by atoms with Crippen LogP contribution in [-0.2, 0) is 33.3 Å². The highest BCUT2D eigenvalue weighted by atomic mass is 16.7. The van der Waals surface area contributed by atoms with Crippen LogP contribution in [0.15, 0.2) is 36.5 Å². The minimum absolute atomic E-state index is 0.0611. The van der Waals surface area contributed by atoms with Crippen molar-refractivity contribution in [3.05, 3.63) is 36.5 Å². The second kappa shape index (κ2) is 61.8. The second-order valence-electron chi connectivity index (χ2n) is 18.6. The highest BCUT2D eigenvalue weighted by molar-refractivity contribution is 5.69. The SMILES string of the molecule is CC/C=C\CCCCOC(CCC=O)OCCCC/C=C\CC.CCCCCCCC/C=C\CCCCCCCC(=O)OCC(COC)CN(C)CCCN(C)C.CCCCCCCCC=O. The number of carbonyl (C=O) groups excluding carboxylic acids is 3. The maximum atomic E-state index is 12.1. The van der Waals surface area contributed by atoms with Crippen LogP contribution in [0.5, 0.6) is 0 Å². The first-order chi connectivity index (χ1) is 32.7. The Kier molecular flexibility index (Phi) is 63.8. The molecule has 0 radical (unpaired) electrons. The Hall–Kier alpha value is -2.17. The van der Waals surface area contributed by atoms with Gasteiger partial charge in [-0.05, 0) is 131 Å². The number of unbranched alkanes of at least 4 members (excludes halogenated alkanes) is 21. The van der Waals surface area contributed by atoms with E-state index in [1.807, 2.05) is 0 Å². The van der Waals surface area contributed by atoms with Crippen LogP contribution in [0.25, 0.3) is 0 Å². The monoisotopic (exact) mass is 949 g/mol. The van der Waals surface area contributed by atoms with Gasteiger partial charge < -0.3 is 38.3 Å². The molecule has 0 aromatic rings. The van der Waals surface area contributed by atoms with E-state index in [2.05, 4.69) is 95.1 Å². The number of hydrogen-bond acceptors (Lipinski definition) is 9. The van der Waals surface area contributed by atoms with E-state index < -0.39 is 0 Å². The van der Waals surface area contributed by atoms with Gasteiger partial charge in [0, 0.05) is 58.5 Å². The highest BCUT2D eigenvalue weighted by Crippen LogP contribution is 2.12. The van der Waals surface area contributed by atoms with E-state index in [1.54, 1.807) is 7.11 Å². The van der Waals surface area contributed by atoms with Gasteiger partial charge in [-0.15, -0.1) is 0 Å². The third-order valence-corrected chi connectivity index (χ3v) is 11.4. The Balaban J connectivity index is -0.00000106. The van der Waals surface area contributed by atoms with Gasteiger partial charge in [0.1, 0.15) is 12.6 Å². The largest absolute Gasteiger partial charge is 0.465 e. The average molecular weight is 950 g/mol. The van der Waals surface area contributed by atoms with Gasteiger partial charge in [0.25, 0.3) is 0 Å². The molecule has 0 rings (SSSR count). The molecule has 0 aliphatic carbocycles. The molecule has 1 unspecified atom stereocenters. The van der Waals surface area contributed by atoms with E-state index in [9.17, 15) is 14.4 Å². The zero-order chi connectivity index (χ0) is 49.9. The predicted octanol–water partition coefficient (Wildman–Crippen LogP) is 15.2. The second-order valence-corrected chi connectivity index (χ2v) is 18.6. The molecule has 0 aliphatic heterocycles. The molecule has 0 saturated carbocycles. The maximum absolute atomic E-state index is 12.1. The molecule has 396 valence electrons. The predicted molar refractivity (Wildman–Crippen MR) is 288 cm³/mol. The van der Waals surface area contributed by atoms with E-state index >= 15 is 0 Å². The number of esters is 1. The summed E-state index contributed by atoms with van der Waals surface area (Å²) in [7, 11) is 8.05. The Morgan fingerprint density at radius 2 is 0.940 bits per heavy atom. The summed E-state index contributed by atoms with van der Waals surface area (Å²) in [6.07, 6.45) is 51.8. The number of methoxy groups -OCH3 is 1. The molecule has 0 bridgehead atoms. The van der Waals surface area contributed by atoms with Gasteiger partial charge in [0.2, 0.25) is 0 Å². The van der Waals surface area contributed by atoms with Crippen LogP contribution in [0, 0.1) is 5.92 Å². The molecular formula is C58H112N2O7. The summed E-state index contributed by atoms with van der Waals surface area (Å²) in [6.45, 7) is 14.3. The fourth-order valence-corrected chi connectivity index (χ4v) is 7.36. The van der Waals surface area contributed by atoms with Crippen LogP contribution in [-0.4, -0.2) is 109 Å². The summed E-state index contributed by atoms with van der Waals surface area (Å²) in [5.41, 5.74) is 0. The molecule has 0 spiro atoms. The molecule has 0 heterocycles. The molecule has 9 nitrogen and oxygen atoms in total. The molecule has 9 heteroatoms. The number of rotatable bonds is 49. The van der Waals surface area contributed by atoms with Crippen molar-refractivity contribution in [3.8, 4) is 0 Å². The molecule has 0 aromatic heterocycles. The number of aldehydes is 2. The lowest BCUT2D eigenvalue weighted by molar-refractivity contribution is -0.149. The first-order valence-electron chi connectivity index (χ1n) is 27.8. The summed E-state index contributed by atoms with van der Waals surface area (Å²) in [5, 5.41) is 0. The Labute approximate surface area is 416 Å². The molecule has 0 aromatic carbocycles. The standard InChI is InChI=1S/C29H58N2O3.C20H36O3.C9H18O/c1-6-7-8-9-10-11-12-13-14-15-16-17-18-19-20-22-29(32)34-27-28(26-33-5)25-31(4)24-21-23-30(2)3;1-3-5-7-9-11-13-18-22-20(16-15-17-21)23-19-14-12-10-8-6-4-2;1-2-3-4-5-6-7-8-9-10/h13-14,28H,6-12,15-27H2,1-5H3;5-8,17,20H,3-4,9-16,18-19H2,1-2H3;9H,2-8H2,1H3/b14-13-;7-5-,8-6-;. The molecular weight excluding hydrogens is 837 g/mol. The smallest absolute Gasteiger partial charge is 0.305 e. The first-order valence-corrected chi connectivity index (χ1v) is 27.8.